The second-order valence-corrected chi connectivity index (χ2v) is 7.51. The van der Waals surface area contributed by atoms with Crippen LogP contribution in [0.3, 0.4) is 0 Å². The topological polar surface area (TPSA) is 37.4 Å². The summed E-state index contributed by atoms with van der Waals surface area (Å²) >= 11 is 3.05. The number of nitrogens with zero attached hydrogens (tertiary/aromatic N) is 1. The van der Waals surface area contributed by atoms with E-state index < -0.39 is 0 Å². The number of thioether (sulfide) groups is 1. The first-order valence-electron chi connectivity index (χ1n) is 6.99. The molecule has 1 aliphatic rings. The molecule has 0 radical (unpaired) electrons. The van der Waals surface area contributed by atoms with Gasteiger partial charge in [-0.3, -0.25) is 9.59 Å². The molecule has 3 nitrogen and oxygen atoms in total. The molecule has 2 aromatic rings. The highest BCUT2D eigenvalue weighted by molar-refractivity contribution is 8.13. The third kappa shape index (κ3) is 3.30. The molecule has 2 heterocycles. The van der Waals surface area contributed by atoms with E-state index >= 15 is 0 Å². The van der Waals surface area contributed by atoms with Gasteiger partial charge in [0.15, 0.2) is 5.12 Å². The van der Waals surface area contributed by atoms with Gasteiger partial charge >= 0.3 is 0 Å². The van der Waals surface area contributed by atoms with Crippen molar-refractivity contribution in [3.05, 3.63) is 35.2 Å². The summed E-state index contributed by atoms with van der Waals surface area (Å²) in [7, 11) is 0. The van der Waals surface area contributed by atoms with Crippen LogP contribution < -0.4 is 0 Å². The van der Waals surface area contributed by atoms with Crippen molar-refractivity contribution in [1.82, 2.24) is 4.90 Å². The fraction of sp³-hybridized carbons (Fsp3) is 0.375. The minimum absolute atomic E-state index is 0.129. The Balaban J connectivity index is 1.68. The lowest BCUT2D eigenvalue weighted by Gasteiger charge is -2.16. The average Bonchev–Trinajstić information content (AvgIpc) is 3.02. The van der Waals surface area contributed by atoms with Crippen LogP contribution in [0.25, 0.3) is 10.1 Å². The Morgan fingerprint density at radius 1 is 1.43 bits per heavy atom. The molecule has 0 aliphatic carbocycles. The molecular formula is C16H17NO2S2. The van der Waals surface area contributed by atoms with Crippen LogP contribution in [0.2, 0.25) is 0 Å². The van der Waals surface area contributed by atoms with Crippen molar-refractivity contribution in [1.29, 1.82) is 0 Å². The molecule has 5 heteroatoms. The van der Waals surface area contributed by atoms with Crippen LogP contribution in [-0.2, 0) is 16.1 Å². The third-order valence-corrected chi connectivity index (χ3v) is 5.80. The van der Waals surface area contributed by atoms with Gasteiger partial charge in [-0.05, 0) is 28.3 Å². The zero-order valence-electron chi connectivity index (χ0n) is 11.9. The molecule has 1 aromatic carbocycles. The number of likely N-dealkylation sites (tertiary alicyclic amines) is 1. The summed E-state index contributed by atoms with van der Waals surface area (Å²) in [5.74, 6) is 1.26. The Morgan fingerprint density at radius 3 is 3.05 bits per heavy atom. The number of carbonyl (C=O) groups is 2. The number of amides is 1. The maximum absolute atomic E-state index is 12.1. The van der Waals surface area contributed by atoms with Crippen molar-refractivity contribution in [2.24, 2.45) is 5.92 Å². The lowest BCUT2D eigenvalue weighted by Crippen LogP contribution is -2.24. The Morgan fingerprint density at radius 2 is 2.24 bits per heavy atom. The fourth-order valence-corrected chi connectivity index (χ4v) is 4.36. The number of hydrogen-bond donors (Lipinski definition) is 0. The maximum Gasteiger partial charge on any atom is 0.223 e. The van der Waals surface area contributed by atoms with Crippen molar-refractivity contribution in [2.75, 3.05) is 12.3 Å². The highest BCUT2D eigenvalue weighted by atomic mass is 32.2. The predicted octanol–water partition coefficient (Wildman–Crippen LogP) is 3.53. The minimum atomic E-state index is 0.129. The molecule has 1 aromatic heterocycles. The van der Waals surface area contributed by atoms with Gasteiger partial charge < -0.3 is 4.90 Å². The van der Waals surface area contributed by atoms with E-state index in [1.165, 1.54) is 27.4 Å². The SMILES string of the molecule is CC(=O)SCC1CC(=O)N(Cc2csc3ccccc23)C1. The average molecular weight is 319 g/mol. The van der Waals surface area contributed by atoms with E-state index in [1.807, 2.05) is 17.0 Å². The Bertz CT molecular complexity index is 680. The second kappa shape index (κ2) is 6.20. The van der Waals surface area contributed by atoms with E-state index in [9.17, 15) is 9.59 Å². The summed E-state index contributed by atoms with van der Waals surface area (Å²) in [6, 6.07) is 8.31. The molecular weight excluding hydrogens is 302 g/mol. The van der Waals surface area contributed by atoms with E-state index in [0.717, 1.165) is 12.3 Å². The quantitative estimate of drug-likeness (QED) is 0.865. The van der Waals surface area contributed by atoms with Gasteiger partial charge in [-0.1, -0.05) is 30.0 Å². The van der Waals surface area contributed by atoms with Gasteiger partial charge in [-0.2, -0.15) is 0 Å². The molecule has 0 saturated carbocycles. The zero-order valence-corrected chi connectivity index (χ0v) is 13.5. The molecule has 110 valence electrons. The number of fused-ring (bicyclic) bond motifs is 1. The Labute approximate surface area is 132 Å². The molecule has 21 heavy (non-hydrogen) atoms. The van der Waals surface area contributed by atoms with Gasteiger partial charge in [0.2, 0.25) is 5.91 Å². The summed E-state index contributed by atoms with van der Waals surface area (Å²) in [5.41, 5.74) is 1.23. The summed E-state index contributed by atoms with van der Waals surface area (Å²) in [5, 5.41) is 3.52. The van der Waals surface area contributed by atoms with Gasteiger partial charge in [-0.25, -0.2) is 0 Å². The first kappa shape index (κ1) is 14.6. The molecule has 0 bridgehead atoms. The van der Waals surface area contributed by atoms with Crippen molar-refractivity contribution >= 4 is 44.2 Å². The number of hydrogen-bond acceptors (Lipinski definition) is 4. The number of carbonyl (C=O) groups excluding carboxylic acids is 2. The van der Waals surface area contributed by atoms with Crippen LogP contribution in [0.1, 0.15) is 18.9 Å². The fourth-order valence-electron chi connectivity index (χ4n) is 2.71. The summed E-state index contributed by atoms with van der Waals surface area (Å²) < 4.78 is 1.27. The first-order valence-corrected chi connectivity index (χ1v) is 8.86. The van der Waals surface area contributed by atoms with Crippen LogP contribution >= 0.6 is 23.1 Å². The van der Waals surface area contributed by atoms with Crippen LogP contribution in [-0.4, -0.2) is 28.2 Å². The summed E-state index contributed by atoms with van der Waals surface area (Å²) in [6.07, 6.45) is 0.572. The van der Waals surface area contributed by atoms with Gasteiger partial charge in [0, 0.05) is 36.9 Å². The normalized spacial score (nSPS) is 18.6. The molecule has 0 N–H and O–H groups in total. The highest BCUT2D eigenvalue weighted by Crippen LogP contribution is 2.29. The third-order valence-electron chi connectivity index (χ3n) is 3.74. The monoisotopic (exact) mass is 319 g/mol. The molecule has 1 aliphatic heterocycles. The Hall–Kier alpha value is -1.33. The molecule has 1 atom stereocenters. The van der Waals surface area contributed by atoms with E-state index in [-0.39, 0.29) is 11.0 Å². The van der Waals surface area contributed by atoms with E-state index in [2.05, 4.69) is 17.5 Å². The molecule has 1 amide bonds. The number of thiophene rings is 1. The van der Waals surface area contributed by atoms with Crippen LogP contribution in [0.4, 0.5) is 0 Å². The van der Waals surface area contributed by atoms with E-state index in [0.29, 0.717) is 18.9 Å². The lowest BCUT2D eigenvalue weighted by molar-refractivity contribution is -0.128. The van der Waals surface area contributed by atoms with Crippen LogP contribution in [0.5, 0.6) is 0 Å². The highest BCUT2D eigenvalue weighted by Gasteiger charge is 2.30. The smallest absolute Gasteiger partial charge is 0.223 e. The van der Waals surface area contributed by atoms with Crippen molar-refractivity contribution < 1.29 is 9.59 Å². The van der Waals surface area contributed by atoms with Gasteiger partial charge in [0.25, 0.3) is 0 Å². The molecule has 1 unspecified atom stereocenters. The van der Waals surface area contributed by atoms with Gasteiger partial charge in [-0.15, -0.1) is 11.3 Å². The lowest BCUT2D eigenvalue weighted by atomic mass is 10.1. The maximum atomic E-state index is 12.1. The predicted molar refractivity (Wildman–Crippen MR) is 88.5 cm³/mol. The molecule has 1 fully saturated rings. The van der Waals surface area contributed by atoms with E-state index in [1.54, 1.807) is 18.3 Å². The number of rotatable bonds is 4. The van der Waals surface area contributed by atoms with Crippen molar-refractivity contribution in [2.45, 2.75) is 19.9 Å². The molecule has 0 spiro atoms. The van der Waals surface area contributed by atoms with Gasteiger partial charge in [0.05, 0.1) is 0 Å². The molecule has 1 saturated heterocycles. The van der Waals surface area contributed by atoms with Crippen LogP contribution in [0.15, 0.2) is 29.6 Å². The standard InChI is InChI=1S/C16H17NO2S2/c1-11(18)20-9-12-6-16(19)17(7-12)8-13-10-21-15-5-3-2-4-14(13)15/h2-5,10,12H,6-9H2,1H3. The second-order valence-electron chi connectivity index (χ2n) is 5.40. The van der Waals surface area contributed by atoms with E-state index in [4.69, 9.17) is 0 Å². The summed E-state index contributed by atoms with van der Waals surface area (Å²) in [6.45, 7) is 3.03. The number of benzene rings is 1. The first-order chi connectivity index (χ1) is 10.1. The van der Waals surface area contributed by atoms with Crippen LogP contribution in [0, 0.1) is 5.92 Å². The Kier molecular flexibility index (Phi) is 4.31. The summed E-state index contributed by atoms with van der Waals surface area (Å²) in [4.78, 5) is 25.1. The van der Waals surface area contributed by atoms with Crippen molar-refractivity contribution in [3.8, 4) is 0 Å². The van der Waals surface area contributed by atoms with Gasteiger partial charge in [0.1, 0.15) is 0 Å². The molecule has 3 rings (SSSR count). The minimum Gasteiger partial charge on any atom is -0.338 e. The van der Waals surface area contributed by atoms with Crippen molar-refractivity contribution in [3.63, 3.8) is 0 Å². The zero-order chi connectivity index (χ0) is 14.8. The largest absolute Gasteiger partial charge is 0.338 e.